The maximum absolute atomic E-state index is 13.2. The van der Waals surface area contributed by atoms with Gasteiger partial charge in [0.25, 0.3) is 10.0 Å². The molecule has 0 aromatic heterocycles. The molecule has 2 aromatic rings. The molecule has 0 saturated heterocycles. The van der Waals surface area contributed by atoms with Crippen LogP contribution in [0.25, 0.3) is 0 Å². The molecule has 144 valence electrons. The molecule has 0 aliphatic carbocycles. The highest BCUT2D eigenvalue weighted by atomic mass is 32.2. The molecule has 3 rings (SSSR count). The normalized spacial score (nSPS) is 13.9. The van der Waals surface area contributed by atoms with Crippen LogP contribution < -0.4 is 4.72 Å². The Labute approximate surface area is 159 Å². The standard InChI is InChI=1S/C20H23NO5S/c1-12-9-13(2)20(14(3)16(12)10-19(22)23)27(24,25)21-18-6-4-5-15-7-8-26-11-17(15)18/h4-6,9,21H,7-8,10-11H2,1-3H3,(H,22,23). The predicted octanol–water partition coefficient (Wildman–Crippen LogP) is 3.11. The molecule has 6 nitrogen and oxygen atoms in total. The average Bonchev–Trinajstić information content (AvgIpc) is 2.58. The van der Waals surface area contributed by atoms with Gasteiger partial charge in [0.05, 0.1) is 30.2 Å². The smallest absolute Gasteiger partial charge is 0.307 e. The highest BCUT2D eigenvalue weighted by molar-refractivity contribution is 7.92. The van der Waals surface area contributed by atoms with Gasteiger partial charge in [0.1, 0.15) is 0 Å². The topological polar surface area (TPSA) is 92.7 Å². The number of carboxylic acid groups (broad SMARTS) is 1. The zero-order valence-corrected chi connectivity index (χ0v) is 16.4. The molecule has 0 fully saturated rings. The minimum atomic E-state index is -3.88. The number of rotatable bonds is 5. The molecular weight excluding hydrogens is 366 g/mol. The number of aryl methyl sites for hydroxylation is 2. The van der Waals surface area contributed by atoms with Crippen molar-refractivity contribution in [2.45, 2.75) is 45.1 Å². The number of ether oxygens (including phenoxy) is 1. The third-order valence-electron chi connectivity index (χ3n) is 4.94. The molecule has 0 spiro atoms. The summed E-state index contributed by atoms with van der Waals surface area (Å²) in [4.78, 5) is 11.3. The van der Waals surface area contributed by atoms with Crippen LogP contribution in [-0.2, 0) is 39.0 Å². The monoisotopic (exact) mass is 389 g/mol. The number of sulfonamides is 1. The van der Waals surface area contributed by atoms with Crippen LogP contribution in [0.5, 0.6) is 0 Å². The van der Waals surface area contributed by atoms with E-state index in [2.05, 4.69) is 4.72 Å². The first kappa shape index (κ1) is 19.4. The van der Waals surface area contributed by atoms with Crippen molar-refractivity contribution in [2.75, 3.05) is 11.3 Å². The van der Waals surface area contributed by atoms with E-state index in [0.717, 1.165) is 23.1 Å². The van der Waals surface area contributed by atoms with Gasteiger partial charge in [-0.05, 0) is 61.1 Å². The summed E-state index contributed by atoms with van der Waals surface area (Å²) >= 11 is 0. The van der Waals surface area contributed by atoms with Crippen molar-refractivity contribution in [3.63, 3.8) is 0 Å². The predicted molar refractivity (Wildman–Crippen MR) is 103 cm³/mol. The molecule has 0 atom stereocenters. The largest absolute Gasteiger partial charge is 0.481 e. The zero-order chi connectivity index (χ0) is 19.8. The Morgan fingerprint density at radius 2 is 1.96 bits per heavy atom. The SMILES string of the molecule is Cc1cc(C)c(S(=O)(=O)Nc2cccc3c2COCC3)c(C)c1CC(=O)O. The lowest BCUT2D eigenvalue weighted by molar-refractivity contribution is -0.136. The van der Waals surface area contributed by atoms with Gasteiger partial charge in [-0.15, -0.1) is 0 Å². The van der Waals surface area contributed by atoms with Gasteiger partial charge in [0, 0.05) is 5.56 Å². The van der Waals surface area contributed by atoms with E-state index in [9.17, 15) is 13.2 Å². The van der Waals surface area contributed by atoms with Crippen LogP contribution in [0.2, 0.25) is 0 Å². The molecule has 1 aliphatic heterocycles. The van der Waals surface area contributed by atoms with Crippen molar-refractivity contribution >= 4 is 21.7 Å². The van der Waals surface area contributed by atoms with Crippen LogP contribution in [-0.4, -0.2) is 26.1 Å². The van der Waals surface area contributed by atoms with Crippen LogP contribution >= 0.6 is 0 Å². The number of hydrogen-bond donors (Lipinski definition) is 2. The number of anilines is 1. The maximum atomic E-state index is 13.2. The molecule has 0 amide bonds. The number of hydrogen-bond acceptors (Lipinski definition) is 4. The van der Waals surface area contributed by atoms with Crippen LogP contribution in [0.4, 0.5) is 5.69 Å². The van der Waals surface area contributed by atoms with Gasteiger partial charge in [-0.1, -0.05) is 18.2 Å². The third-order valence-corrected chi connectivity index (χ3v) is 6.59. The summed E-state index contributed by atoms with van der Waals surface area (Å²) in [5.74, 6) is -0.990. The van der Waals surface area contributed by atoms with Gasteiger partial charge in [-0.3, -0.25) is 9.52 Å². The van der Waals surface area contributed by atoms with Gasteiger partial charge in [0.15, 0.2) is 0 Å². The van der Waals surface area contributed by atoms with E-state index >= 15 is 0 Å². The lowest BCUT2D eigenvalue weighted by atomic mass is 9.97. The molecule has 1 aliphatic rings. The van der Waals surface area contributed by atoms with Gasteiger partial charge < -0.3 is 9.84 Å². The molecule has 0 unspecified atom stereocenters. The molecule has 2 N–H and O–H groups in total. The van der Waals surface area contributed by atoms with Gasteiger partial charge in [0.2, 0.25) is 0 Å². The minimum Gasteiger partial charge on any atom is -0.481 e. The second kappa shape index (κ2) is 7.32. The van der Waals surface area contributed by atoms with Crippen molar-refractivity contribution < 1.29 is 23.1 Å². The molecule has 2 aromatic carbocycles. The summed E-state index contributed by atoms with van der Waals surface area (Å²) in [5, 5.41) is 9.17. The van der Waals surface area contributed by atoms with E-state index in [0.29, 0.717) is 35.6 Å². The van der Waals surface area contributed by atoms with Gasteiger partial charge >= 0.3 is 5.97 Å². The van der Waals surface area contributed by atoms with Crippen molar-refractivity contribution in [1.82, 2.24) is 0 Å². The van der Waals surface area contributed by atoms with E-state index in [1.54, 1.807) is 32.9 Å². The van der Waals surface area contributed by atoms with E-state index in [-0.39, 0.29) is 11.3 Å². The van der Waals surface area contributed by atoms with Crippen molar-refractivity contribution in [1.29, 1.82) is 0 Å². The first-order chi connectivity index (χ1) is 12.7. The maximum Gasteiger partial charge on any atom is 0.307 e. The lowest BCUT2D eigenvalue weighted by Gasteiger charge is -2.22. The summed E-state index contributed by atoms with van der Waals surface area (Å²) in [7, 11) is -3.88. The summed E-state index contributed by atoms with van der Waals surface area (Å²) in [6.07, 6.45) is 0.533. The van der Waals surface area contributed by atoms with Crippen LogP contribution in [0, 0.1) is 20.8 Å². The number of benzene rings is 2. The van der Waals surface area contributed by atoms with Crippen LogP contribution in [0.1, 0.15) is 33.4 Å². The van der Waals surface area contributed by atoms with E-state index < -0.39 is 16.0 Å². The molecule has 1 heterocycles. The van der Waals surface area contributed by atoms with E-state index in [1.165, 1.54) is 0 Å². The molecule has 0 saturated carbocycles. The van der Waals surface area contributed by atoms with Crippen molar-refractivity contribution in [2.24, 2.45) is 0 Å². The Kier molecular flexibility index (Phi) is 5.26. The quantitative estimate of drug-likeness (QED) is 0.820. The fourth-order valence-electron chi connectivity index (χ4n) is 3.73. The Morgan fingerprint density at radius 3 is 2.67 bits per heavy atom. The molecule has 0 radical (unpaired) electrons. The summed E-state index contributed by atoms with van der Waals surface area (Å²) in [6.45, 7) is 6.17. The highest BCUT2D eigenvalue weighted by Crippen LogP contribution is 2.31. The fourth-order valence-corrected chi connectivity index (χ4v) is 5.32. The zero-order valence-electron chi connectivity index (χ0n) is 15.6. The van der Waals surface area contributed by atoms with Crippen LogP contribution in [0.3, 0.4) is 0 Å². The van der Waals surface area contributed by atoms with E-state index in [4.69, 9.17) is 9.84 Å². The molecular formula is C20H23NO5S. The first-order valence-corrected chi connectivity index (χ1v) is 10.2. The van der Waals surface area contributed by atoms with Crippen LogP contribution in [0.15, 0.2) is 29.2 Å². The molecule has 27 heavy (non-hydrogen) atoms. The third kappa shape index (κ3) is 3.84. The average molecular weight is 389 g/mol. The number of carbonyl (C=O) groups is 1. The summed E-state index contributed by atoms with van der Waals surface area (Å²) < 4.78 is 34.5. The van der Waals surface area contributed by atoms with Crippen molar-refractivity contribution in [3.05, 3.63) is 57.6 Å². The van der Waals surface area contributed by atoms with Gasteiger partial charge in [-0.25, -0.2) is 8.42 Å². The van der Waals surface area contributed by atoms with E-state index in [1.807, 2.05) is 12.1 Å². The van der Waals surface area contributed by atoms with Crippen molar-refractivity contribution in [3.8, 4) is 0 Å². The Morgan fingerprint density at radius 1 is 1.22 bits per heavy atom. The first-order valence-electron chi connectivity index (χ1n) is 8.73. The van der Waals surface area contributed by atoms with Gasteiger partial charge in [-0.2, -0.15) is 0 Å². The minimum absolute atomic E-state index is 0.138. The second-order valence-electron chi connectivity index (χ2n) is 6.86. The Hall–Kier alpha value is -2.38. The fraction of sp³-hybridized carbons (Fsp3) is 0.350. The highest BCUT2D eigenvalue weighted by Gasteiger charge is 2.25. The summed E-state index contributed by atoms with van der Waals surface area (Å²) in [6, 6.07) is 7.25. The number of nitrogens with one attached hydrogen (secondary N) is 1. The lowest BCUT2D eigenvalue weighted by Crippen LogP contribution is -2.20. The Bertz CT molecular complexity index is 1010. The number of aliphatic carboxylic acids is 1. The number of fused-ring (bicyclic) bond motifs is 1. The number of carboxylic acids is 1. The summed E-state index contributed by atoms with van der Waals surface area (Å²) in [5.41, 5.74) is 4.80. The molecule has 7 heteroatoms. The Balaban J connectivity index is 2.07. The second-order valence-corrected chi connectivity index (χ2v) is 8.48. The molecule has 0 bridgehead atoms.